The highest BCUT2D eigenvalue weighted by molar-refractivity contribution is 5.94. The average Bonchev–Trinajstić information content (AvgIpc) is 2.79. The largest absolute Gasteiger partial charge is 0.494 e. The zero-order chi connectivity index (χ0) is 13.8. The topological polar surface area (TPSA) is 72.6 Å². The summed E-state index contributed by atoms with van der Waals surface area (Å²) in [5.74, 6) is 0.148. The van der Waals surface area contributed by atoms with E-state index < -0.39 is 5.97 Å². The van der Waals surface area contributed by atoms with E-state index in [-0.39, 0.29) is 5.69 Å². The molecule has 0 unspecified atom stereocenters. The normalized spacial score (nSPS) is 10.4. The first kappa shape index (κ1) is 13.1. The number of hydrogen-bond donors (Lipinski definition) is 1. The van der Waals surface area contributed by atoms with E-state index in [4.69, 9.17) is 14.4 Å². The summed E-state index contributed by atoms with van der Waals surface area (Å²) in [5, 5.41) is 12.6. The maximum atomic E-state index is 11.1. The molecule has 0 atom stereocenters. The van der Waals surface area contributed by atoms with Crippen molar-refractivity contribution in [3.05, 3.63) is 35.7 Å². The van der Waals surface area contributed by atoms with Gasteiger partial charge in [-0.15, -0.1) is 0 Å². The number of aromatic nitrogens is 1. The molecule has 0 spiro atoms. The number of hydrogen-bond acceptors (Lipinski definition) is 4. The fourth-order valence-electron chi connectivity index (χ4n) is 1.80. The molecular formula is C14H15NO4. The first-order chi connectivity index (χ1) is 9.13. The van der Waals surface area contributed by atoms with Gasteiger partial charge in [-0.1, -0.05) is 24.2 Å². The molecule has 0 bridgehead atoms. The van der Waals surface area contributed by atoms with E-state index in [2.05, 4.69) is 5.16 Å². The molecule has 2 aromatic rings. The van der Waals surface area contributed by atoms with E-state index in [0.717, 1.165) is 17.7 Å². The van der Waals surface area contributed by atoms with Crippen LogP contribution >= 0.6 is 0 Å². The molecule has 0 aliphatic rings. The molecule has 0 radical (unpaired) electrons. The number of carboxylic acid groups (broad SMARTS) is 1. The van der Waals surface area contributed by atoms with Crippen molar-refractivity contribution in [2.24, 2.45) is 0 Å². The smallest absolute Gasteiger partial charge is 0.358 e. The summed E-state index contributed by atoms with van der Waals surface area (Å²) in [5.41, 5.74) is 1.19. The van der Waals surface area contributed by atoms with Crippen LogP contribution in [0.4, 0.5) is 0 Å². The van der Waals surface area contributed by atoms with Crippen molar-refractivity contribution in [1.29, 1.82) is 0 Å². The van der Waals surface area contributed by atoms with Gasteiger partial charge in [-0.3, -0.25) is 0 Å². The van der Waals surface area contributed by atoms with Gasteiger partial charge in [0.05, 0.1) is 12.2 Å². The van der Waals surface area contributed by atoms with Gasteiger partial charge in [0.2, 0.25) is 0 Å². The van der Waals surface area contributed by atoms with Crippen molar-refractivity contribution in [3.8, 4) is 16.9 Å². The minimum Gasteiger partial charge on any atom is -0.494 e. The second-order valence-corrected chi connectivity index (χ2v) is 4.14. The van der Waals surface area contributed by atoms with Crippen molar-refractivity contribution in [2.45, 2.75) is 20.3 Å². The standard InChI is InChI=1S/C14H15NO4/c1-3-8-18-11-6-4-10(5-7-11)12-9(2)19-15-13(12)14(16)17/h4-7H,3,8H2,1-2H3,(H,16,17). The molecule has 2 rings (SSSR count). The molecule has 5 nitrogen and oxygen atoms in total. The Bertz CT molecular complexity index is 572. The third kappa shape index (κ3) is 2.76. The molecule has 0 aliphatic heterocycles. The molecule has 0 fully saturated rings. The lowest BCUT2D eigenvalue weighted by atomic mass is 10.0. The molecule has 0 saturated heterocycles. The van der Waals surface area contributed by atoms with E-state index in [1.165, 1.54) is 0 Å². The van der Waals surface area contributed by atoms with Crippen LogP contribution in [0.5, 0.6) is 5.75 Å². The predicted octanol–water partition coefficient (Wildman–Crippen LogP) is 3.14. The second-order valence-electron chi connectivity index (χ2n) is 4.14. The Hall–Kier alpha value is -2.30. The van der Waals surface area contributed by atoms with Crippen molar-refractivity contribution < 1.29 is 19.2 Å². The van der Waals surface area contributed by atoms with Crippen LogP contribution in [0.25, 0.3) is 11.1 Å². The zero-order valence-corrected chi connectivity index (χ0v) is 10.8. The average molecular weight is 261 g/mol. The fraction of sp³-hybridized carbons (Fsp3) is 0.286. The third-order valence-corrected chi connectivity index (χ3v) is 2.68. The third-order valence-electron chi connectivity index (χ3n) is 2.68. The second kappa shape index (κ2) is 5.56. The van der Waals surface area contributed by atoms with Crippen LogP contribution in [0.1, 0.15) is 29.6 Å². The first-order valence-corrected chi connectivity index (χ1v) is 6.06. The molecular weight excluding hydrogens is 246 g/mol. The van der Waals surface area contributed by atoms with Gasteiger partial charge in [0.1, 0.15) is 11.5 Å². The van der Waals surface area contributed by atoms with Crippen LogP contribution in [0.15, 0.2) is 28.8 Å². The van der Waals surface area contributed by atoms with Crippen LogP contribution in [-0.4, -0.2) is 22.8 Å². The van der Waals surface area contributed by atoms with Crippen LogP contribution in [-0.2, 0) is 0 Å². The Morgan fingerprint density at radius 3 is 2.63 bits per heavy atom. The van der Waals surface area contributed by atoms with E-state index in [1.54, 1.807) is 19.1 Å². The number of ether oxygens (including phenoxy) is 1. The lowest BCUT2D eigenvalue weighted by Crippen LogP contribution is -1.99. The Morgan fingerprint density at radius 2 is 2.05 bits per heavy atom. The van der Waals surface area contributed by atoms with Crippen molar-refractivity contribution in [3.63, 3.8) is 0 Å². The lowest BCUT2D eigenvalue weighted by molar-refractivity contribution is 0.0686. The Balaban J connectivity index is 2.32. The Labute approximate surface area is 110 Å². The maximum absolute atomic E-state index is 11.1. The van der Waals surface area contributed by atoms with Crippen LogP contribution in [0.3, 0.4) is 0 Å². The van der Waals surface area contributed by atoms with Gasteiger partial charge >= 0.3 is 5.97 Å². The van der Waals surface area contributed by atoms with E-state index >= 15 is 0 Å². The molecule has 0 saturated carbocycles. The molecule has 19 heavy (non-hydrogen) atoms. The minimum atomic E-state index is -1.10. The predicted molar refractivity (Wildman–Crippen MR) is 69.4 cm³/mol. The van der Waals surface area contributed by atoms with Crippen LogP contribution < -0.4 is 4.74 Å². The van der Waals surface area contributed by atoms with E-state index in [1.807, 2.05) is 19.1 Å². The highest BCUT2D eigenvalue weighted by Gasteiger charge is 2.20. The molecule has 1 aromatic carbocycles. The van der Waals surface area contributed by atoms with Gasteiger partial charge in [0, 0.05) is 0 Å². The summed E-state index contributed by atoms with van der Waals surface area (Å²) < 4.78 is 10.4. The van der Waals surface area contributed by atoms with Crippen LogP contribution in [0, 0.1) is 6.92 Å². The van der Waals surface area contributed by atoms with Gasteiger partial charge in [-0.2, -0.15) is 0 Å². The zero-order valence-electron chi connectivity index (χ0n) is 10.8. The molecule has 5 heteroatoms. The summed E-state index contributed by atoms with van der Waals surface area (Å²) in [4.78, 5) is 11.1. The highest BCUT2D eigenvalue weighted by Crippen LogP contribution is 2.28. The number of carboxylic acids is 1. The lowest BCUT2D eigenvalue weighted by Gasteiger charge is -2.05. The number of aromatic carboxylic acids is 1. The Morgan fingerprint density at radius 1 is 1.37 bits per heavy atom. The van der Waals surface area contributed by atoms with Gasteiger partial charge < -0.3 is 14.4 Å². The summed E-state index contributed by atoms with van der Waals surface area (Å²) in [6.07, 6.45) is 0.940. The van der Waals surface area contributed by atoms with Crippen molar-refractivity contribution >= 4 is 5.97 Å². The van der Waals surface area contributed by atoms with Crippen molar-refractivity contribution in [1.82, 2.24) is 5.16 Å². The summed E-state index contributed by atoms with van der Waals surface area (Å²) in [6.45, 7) is 4.39. The molecule has 1 N–H and O–H groups in total. The SMILES string of the molecule is CCCOc1ccc(-c2c(C(=O)O)noc2C)cc1. The number of nitrogens with zero attached hydrogens (tertiary/aromatic N) is 1. The number of benzene rings is 1. The number of rotatable bonds is 5. The fourth-order valence-corrected chi connectivity index (χ4v) is 1.80. The van der Waals surface area contributed by atoms with Gasteiger partial charge in [0.25, 0.3) is 0 Å². The number of aryl methyl sites for hydroxylation is 1. The number of carbonyl (C=O) groups is 1. The quantitative estimate of drug-likeness (QED) is 0.895. The maximum Gasteiger partial charge on any atom is 0.358 e. The van der Waals surface area contributed by atoms with Gasteiger partial charge in [-0.25, -0.2) is 4.79 Å². The molecule has 0 amide bonds. The minimum absolute atomic E-state index is 0.0697. The molecule has 100 valence electrons. The summed E-state index contributed by atoms with van der Waals surface area (Å²) in [6, 6.07) is 7.22. The first-order valence-electron chi connectivity index (χ1n) is 6.06. The van der Waals surface area contributed by atoms with E-state index in [9.17, 15) is 4.79 Å². The van der Waals surface area contributed by atoms with Crippen molar-refractivity contribution in [2.75, 3.05) is 6.61 Å². The Kier molecular flexibility index (Phi) is 3.85. The molecule has 1 aromatic heterocycles. The van der Waals surface area contributed by atoms with E-state index in [0.29, 0.717) is 17.9 Å². The monoisotopic (exact) mass is 261 g/mol. The molecule has 1 heterocycles. The highest BCUT2D eigenvalue weighted by atomic mass is 16.5. The summed E-state index contributed by atoms with van der Waals surface area (Å²) >= 11 is 0. The van der Waals surface area contributed by atoms with Gasteiger partial charge in [-0.05, 0) is 31.0 Å². The van der Waals surface area contributed by atoms with Crippen LogP contribution in [0.2, 0.25) is 0 Å². The summed E-state index contributed by atoms with van der Waals surface area (Å²) in [7, 11) is 0. The molecule has 0 aliphatic carbocycles. The van der Waals surface area contributed by atoms with Gasteiger partial charge in [0.15, 0.2) is 5.69 Å².